The van der Waals surface area contributed by atoms with Crippen LogP contribution >= 0.6 is 11.6 Å². The lowest BCUT2D eigenvalue weighted by Crippen LogP contribution is -2.23. The Balaban J connectivity index is 1.83. The number of hydrogen-bond acceptors (Lipinski definition) is 3. The van der Waals surface area contributed by atoms with Crippen molar-refractivity contribution in [1.29, 1.82) is 0 Å². The molecule has 0 aliphatic carbocycles. The van der Waals surface area contributed by atoms with Crippen LogP contribution in [0.5, 0.6) is 5.75 Å². The second-order valence-electron chi connectivity index (χ2n) is 5.89. The molecule has 0 aliphatic rings. The summed E-state index contributed by atoms with van der Waals surface area (Å²) in [6.45, 7) is 0. The lowest BCUT2D eigenvalue weighted by Gasteiger charge is -2.18. The van der Waals surface area contributed by atoms with Crippen LogP contribution in [0.25, 0.3) is 0 Å². The van der Waals surface area contributed by atoms with Gasteiger partial charge in [-0.3, -0.25) is 9.78 Å². The van der Waals surface area contributed by atoms with E-state index in [4.69, 9.17) is 16.3 Å². The number of amides is 1. The molecule has 0 bridgehead atoms. The van der Waals surface area contributed by atoms with Crippen LogP contribution in [0.2, 0.25) is 5.02 Å². The summed E-state index contributed by atoms with van der Waals surface area (Å²) >= 11 is 5.99. The van der Waals surface area contributed by atoms with E-state index in [2.05, 4.69) is 10.3 Å². The maximum atomic E-state index is 13.0. The van der Waals surface area contributed by atoms with Gasteiger partial charge in [0, 0.05) is 23.1 Å². The molecule has 0 spiro atoms. The molecule has 0 saturated heterocycles. The molecule has 1 N–H and O–H groups in total. The number of benzene rings is 2. The number of carbonyl (C=O) groups is 1. The van der Waals surface area contributed by atoms with Gasteiger partial charge in [-0.15, -0.1) is 0 Å². The number of pyridine rings is 1. The second kappa shape index (κ2) is 8.50. The lowest BCUT2D eigenvalue weighted by atomic mass is 9.91. The molecule has 0 radical (unpaired) electrons. The fourth-order valence-electron chi connectivity index (χ4n) is 2.72. The van der Waals surface area contributed by atoms with Crippen LogP contribution < -0.4 is 10.1 Å². The number of ether oxygens (including phenoxy) is 1. The van der Waals surface area contributed by atoms with E-state index in [0.717, 1.165) is 22.6 Å². The van der Waals surface area contributed by atoms with E-state index < -0.39 is 0 Å². The number of aromatic nitrogens is 1. The molecule has 1 atom stereocenters. The zero-order valence-corrected chi connectivity index (χ0v) is 15.1. The third-order valence-corrected chi connectivity index (χ3v) is 4.36. The van der Waals surface area contributed by atoms with Gasteiger partial charge in [0.05, 0.1) is 13.0 Å². The van der Waals surface area contributed by atoms with Crippen molar-refractivity contribution in [3.63, 3.8) is 0 Å². The maximum absolute atomic E-state index is 13.0. The predicted molar refractivity (Wildman–Crippen MR) is 104 cm³/mol. The Kier molecular flexibility index (Phi) is 5.87. The number of rotatable bonds is 6. The fraction of sp³-hybridized carbons (Fsp3) is 0.143. The summed E-state index contributed by atoms with van der Waals surface area (Å²) in [5.41, 5.74) is 2.63. The zero-order valence-electron chi connectivity index (χ0n) is 14.4. The third-order valence-electron chi connectivity index (χ3n) is 4.11. The first-order valence-corrected chi connectivity index (χ1v) is 8.63. The first-order valence-electron chi connectivity index (χ1n) is 8.25. The molecular formula is C21H19ClN2O2. The average Bonchev–Trinajstić information content (AvgIpc) is 2.68. The first-order chi connectivity index (χ1) is 12.7. The third kappa shape index (κ3) is 4.61. The number of methoxy groups -OCH3 is 1. The van der Waals surface area contributed by atoms with Gasteiger partial charge in [-0.05, 0) is 60.0 Å². The normalized spacial score (nSPS) is 11.6. The van der Waals surface area contributed by atoms with Crippen molar-refractivity contribution in [3.05, 3.63) is 89.2 Å². The van der Waals surface area contributed by atoms with E-state index in [1.54, 1.807) is 31.6 Å². The first kappa shape index (κ1) is 18.0. The molecule has 2 aromatic carbocycles. The fourth-order valence-corrected chi connectivity index (χ4v) is 2.84. The monoisotopic (exact) mass is 366 g/mol. The molecule has 4 nitrogen and oxygen atoms in total. The van der Waals surface area contributed by atoms with Crippen molar-refractivity contribution in [2.24, 2.45) is 0 Å². The van der Waals surface area contributed by atoms with Crippen molar-refractivity contribution in [3.8, 4) is 5.75 Å². The Morgan fingerprint density at radius 1 is 1.12 bits per heavy atom. The van der Waals surface area contributed by atoms with Crippen LogP contribution in [0.15, 0.2) is 73.1 Å². The van der Waals surface area contributed by atoms with Gasteiger partial charge < -0.3 is 10.1 Å². The highest BCUT2D eigenvalue weighted by Crippen LogP contribution is 2.25. The molecule has 0 fully saturated rings. The summed E-state index contributed by atoms with van der Waals surface area (Å²) in [4.78, 5) is 17.1. The number of carbonyl (C=O) groups excluding carboxylic acids is 1. The molecule has 1 aromatic heterocycles. The minimum atomic E-state index is -0.349. The lowest BCUT2D eigenvalue weighted by molar-refractivity contribution is -0.117. The number of hydrogen-bond donors (Lipinski definition) is 1. The number of nitrogens with one attached hydrogen (secondary N) is 1. The predicted octanol–water partition coefficient (Wildman–Crippen LogP) is 4.71. The standard InChI is InChI=1S/C21H19ClN2O2/c1-26-19-10-8-18(9-11-19)24-21(25)20(13-15-3-2-12-23-14-15)16-4-6-17(22)7-5-16/h2-12,14,20H,13H2,1H3,(H,24,25). The van der Waals surface area contributed by atoms with Crippen LogP contribution in [-0.4, -0.2) is 18.0 Å². The van der Waals surface area contributed by atoms with Gasteiger partial charge in [0.1, 0.15) is 5.75 Å². The smallest absolute Gasteiger partial charge is 0.232 e. The van der Waals surface area contributed by atoms with Crippen LogP contribution in [-0.2, 0) is 11.2 Å². The average molecular weight is 367 g/mol. The van der Waals surface area contributed by atoms with Gasteiger partial charge >= 0.3 is 0 Å². The highest BCUT2D eigenvalue weighted by Gasteiger charge is 2.21. The van der Waals surface area contributed by atoms with E-state index in [-0.39, 0.29) is 11.8 Å². The summed E-state index contributed by atoms with van der Waals surface area (Å²) in [5.74, 6) is 0.313. The van der Waals surface area contributed by atoms with Crippen molar-refractivity contribution in [1.82, 2.24) is 4.98 Å². The van der Waals surface area contributed by atoms with Crippen LogP contribution in [0.4, 0.5) is 5.69 Å². The van der Waals surface area contributed by atoms with Crippen molar-refractivity contribution in [2.75, 3.05) is 12.4 Å². The maximum Gasteiger partial charge on any atom is 0.232 e. The molecule has 0 saturated carbocycles. The highest BCUT2D eigenvalue weighted by molar-refractivity contribution is 6.30. The summed E-state index contributed by atoms with van der Waals surface area (Å²) in [7, 11) is 1.61. The number of halogens is 1. The molecule has 132 valence electrons. The number of nitrogens with zero attached hydrogens (tertiary/aromatic N) is 1. The van der Waals surface area contributed by atoms with Gasteiger partial charge in [0.2, 0.25) is 5.91 Å². The SMILES string of the molecule is COc1ccc(NC(=O)C(Cc2cccnc2)c2ccc(Cl)cc2)cc1. The molecule has 0 aliphatic heterocycles. The van der Waals surface area contributed by atoms with Gasteiger partial charge in [-0.25, -0.2) is 0 Å². The molecule has 3 rings (SSSR count). The molecule has 1 amide bonds. The van der Waals surface area contributed by atoms with Crippen LogP contribution in [0.3, 0.4) is 0 Å². The Morgan fingerprint density at radius 3 is 2.46 bits per heavy atom. The molecule has 1 unspecified atom stereocenters. The van der Waals surface area contributed by atoms with Gasteiger partial charge in [0.25, 0.3) is 0 Å². The van der Waals surface area contributed by atoms with Crippen molar-refractivity contribution < 1.29 is 9.53 Å². The molecule has 26 heavy (non-hydrogen) atoms. The van der Waals surface area contributed by atoms with Crippen LogP contribution in [0.1, 0.15) is 17.0 Å². The minimum absolute atomic E-state index is 0.0821. The molecule has 3 aromatic rings. The van der Waals surface area contributed by atoms with E-state index in [1.807, 2.05) is 48.5 Å². The molecule has 1 heterocycles. The van der Waals surface area contributed by atoms with Gasteiger partial charge in [0.15, 0.2) is 0 Å². The van der Waals surface area contributed by atoms with E-state index >= 15 is 0 Å². The largest absolute Gasteiger partial charge is 0.497 e. The Labute approximate surface area is 157 Å². The van der Waals surface area contributed by atoms with E-state index in [1.165, 1.54) is 0 Å². The molecule has 5 heteroatoms. The summed E-state index contributed by atoms with van der Waals surface area (Å²) in [6.07, 6.45) is 4.05. The topological polar surface area (TPSA) is 51.2 Å². The quantitative estimate of drug-likeness (QED) is 0.687. The van der Waals surface area contributed by atoms with Crippen molar-refractivity contribution >= 4 is 23.2 Å². The highest BCUT2D eigenvalue weighted by atomic mass is 35.5. The summed E-state index contributed by atoms with van der Waals surface area (Å²) in [5, 5.41) is 3.62. The number of anilines is 1. The second-order valence-corrected chi connectivity index (χ2v) is 6.32. The van der Waals surface area contributed by atoms with E-state index in [0.29, 0.717) is 11.4 Å². The zero-order chi connectivity index (χ0) is 18.4. The van der Waals surface area contributed by atoms with E-state index in [9.17, 15) is 4.79 Å². The van der Waals surface area contributed by atoms with Crippen LogP contribution in [0, 0.1) is 0 Å². The Bertz CT molecular complexity index is 849. The minimum Gasteiger partial charge on any atom is -0.497 e. The summed E-state index contributed by atoms with van der Waals surface area (Å²) in [6, 6.07) is 18.5. The van der Waals surface area contributed by atoms with Crippen molar-refractivity contribution in [2.45, 2.75) is 12.3 Å². The Morgan fingerprint density at radius 2 is 1.85 bits per heavy atom. The Hall–Kier alpha value is -2.85. The summed E-state index contributed by atoms with van der Waals surface area (Å²) < 4.78 is 5.15. The van der Waals surface area contributed by atoms with Gasteiger partial charge in [-0.2, -0.15) is 0 Å². The molecular weight excluding hydrogens is 348 g/mol. The van der Waals surface area contributed by atoms with Gasteiger partial charge in [-0.1, -0.05) is 29.8 Å².